The molecule has 0 unspecified atom stereocenters. The summed E-state index contributed by atoms with van der Waals surface area (Å²) in [5.41, 5.74) is 6.30. The van der Waals surface area contributed by atoms with Gasteiger partial charge in [-0.1, -0.05) is 0 Å². The number of phenols is 2. The molecule has 0 fully saturated rings. The van der Waals surface area contributed by atoms with Crippen molar-refractivity contribution in [3.63, 3.8) is 0 Å². The summed E-state index contributed by atoms with van der Waals surface area (Å²) in [5, 5.41) is 35.2. The van der Waals surface area contributed by atoms with Gasteiger partial charge in [0.2, 0.25) is 0 Å². The minimum absolute atomic E-state index is 0.135. The predicted octanol–water partition coefficient (Wildman–Crippen LogP) is 8.50. The molecule has 6 heteroatoms. The van der Waals surface area contributed by atoms with Crippen LogP contribution in [0.2, 0.25) is 0 Å². The maximum absolute atomic E-state index is 12.6. The van der Waals surface area contributed by atoms with Crippen molar-refractivity contribution in [3.8, 4) is 17.2 Å². The number of hydrogen-bond acceptors (Lipinski definition) is 4. The second-order valence-corrected chi connectivity index (χ2v) is 17.8. The van der Waals surface area contributed by atoms with Crippen LogP contribution in [0.1, 0.15) is 45.4 Å². The first-order valence-electron chi connectivity index (χ1n) is 16.9. The Labute approximate surface area is 294 Å². The molecule has 6 aromatic carbocycles. The molecule has 3 N–H and O–H groups in total. The standard InChI is InChI=1S/C44H43O5P/c1-31-19-21-41(45)34(25-31)29-36-27-33(3)28-37(30-35-26-32(2)20-22-42(35)46)44(36)49-50(24-23-43(47)48,38-13-7-4-8-14-38,39-15-9-5-10-16-39)40-17-11-6-12-18-40/h4-22,25-28,45-46H,23-24,29-30H2,1-3H3,(H,47,48). The first kappa shape index (κ1) is 34.5. The molecule has 0 atom stereocenters. The Morgan fingerprint density at radius 1 is 0.540 bits per heavy atom. The van der Waals surface area contributed by atoms with Gasteiger partial charge < -0.3 is 0 Å². The molecule has 0 aromatic heterocycles. The number of aryl methyl sites for hydroxylation is 3. The maximum atomic E-state index is 12.6. The van der Waals surface area contributed by atoms with Crippen molar-refractivity contribution in [2.24, 2.45) is 0 Å². The van der Waals surface area contributed by atoms with Gasteiger partial charge in [-0.2, -0.15) is 0 Å². The molecule has 0 saturated heterocycles. The summed E-state index contributed by atoms with van der Waals surface area (Å²) in [6.45, 7) is 1.85. The molecule has 6 aromatic rings. The van der Waals surface area contributed by atoms with Crippen molar-refractivity contribution in [1.82, 2.24) is 0 Å². The van der Waals surface area contributed by atoms with Crippen LogP contribution in [-0.2, 0) is 17.6 Å². The van der Waals surface area contributed by atoms with Crippen LogP contribution in [0, 0.1) is 20.8 Å². The normalized spacial score (nSPS) is 12.2. The monoisotopic (exact) mass is 682 g/mol. The van der Waals surface area contributed by atoms with Gasteiger partial charge in [0.15, 0.2) is 0 Å². The number of aliphatic carboxylic acids is 1. The van der Waals surface area contributed by atoms with Gasteiger partial charge in [-0.25, -0.2) is 0 Å². The van der Waals surface area contributed by atoms with E-state index in [1.165, 1.54) is 0 Å². The zero-order chi connectivity index (χ0) is 35.3. The van der Waals surface area contributed by atoms with Crippen molar-refractivity contribution in [3.05, 3.63) is 178 Å². The Morgan fingerprint density at radius 2 is 0.920 bits per heavy atom. The second kappa shape index (κ2) is 14.2. The molecule has 254 valence electrons. The zero-order valence-corrected chi connectivity index (χ0v) is 29.6. The first-order valence-corrected chi connectivity index (χ1v) is 19.2. The van der Waals surface area contributed by atoms with Gasteiger partial charge in [0.1, 0.15) is 0 Å². The summed E-state index contributed by atoms with van der Waals surface area (Å²) in [6, 6.07) is 45.6. The molecule has 0 bridgehead atoms. The molecule has 0 radical (unpaired) electrons. The number of carbonyl (C=O) groups is 1. The average Bonchev–Trinajstić information content (AvgIpc) is 3.12. The van der Waals surface area contributed by atoms with Crippen molar-refractivity contribution in [2.45, 2.75) is 40.0 Å². The van der Waals surface area contributed by atoms with Crippen molar-refractivity contribution >= 4 is 28.7 Å². The molecule has 0 saturated carbocycles. The van der Waals surface area contributed by atoms with E-state index in [1.807, 2.05) is 99.6 Å². The summed E-state index contributed by atoms with van der Waals surface area (Å²) in [6.07, 6.45) is 0.823. The summed E-state index contributed by atoms with van der Waals surface area (Å²) in [4.78, 5) is 12.6. The van der Waals surface area contributed by atoms with Crippen LogP contribution in [-0.4, -0.2) is 27.5 Å². The average molecular weight is 683 g/mol. The molecule has 0 spiro atoms. The van der Waals surface area contributed by atoms with Crippen molar-refractivity contribution < 1.29 is 24.6 Å². The molecule has 0 aliphatic rings. The molecule has 0 amide bonds. The van der Waals surface area contributed by atoms with Crippen LogP contribution < -0.4 is 20.4 Å². The number of carboxylic acid groups (broad SMARTS) is 1. The molecule has 6 rings (SSSR count). The van der Waals surface area contributed by atoms with Gasteiger partial charge in [-0.05, 0) is 0 Å². The van der Waals surface area contributed by atoms with Crippen molar-refractivity contribution in [2.75, 3.05) is 6.16 Å². The van der Waals surface area contributed by atoms with E-state index in [-0.39, 0.29) is 24.1 Å². The first-order chi connectivity index (χ1) is 24.1. The summed E-state index contributed by atoms with van der Waals surface area (Å²) < 4.78 is 8.00. The number of phenolic OH excluding ortho intramolecular Hbond substituents is 2. The van der Waals surface area contributed by atoms with Gasteiger partial charge in [0.05, 0.1) is 0 Å². The van der Waals surface area contributed by atoms with E-state index < -0.39 is 12.8 Å². The number of carboxylic acids is 1. The van der Waals surface area contributed by atoms with Crippen LogP contribution in [0.25, 0.3) is 0 Å². The zero-order valence-electron chi connectivity index (χ0n) is 28.7. The van der Waals surface area contributed by atoms with E-state index in [4.69, 9.17) is 4.52 Å². The third-order valence-corrected chi connectivity index (χ3v) is 15.4. The van der Waals surface area contributed by atoms with Crippen LogP contribution in [0.4, 0.5) is 0 Å². The number of rotatable bonds is 12. The minimum atomic E-state index is -4.19. The second-order valence-electron chi connectivity index (χ2n) is 13.2. The molecule has 50 heavy (non-hydrogen) atoms. The molecular weight excluding hydrogens is 639 g/mol. The third kappa shape index (κ3) is 6.62. The van der Waals surface area contributed by atoms with E-state index in [0.717, 1.165) is 54.9 Å². The van der Waals surface area contributed by atoms with E-state index in [1.54, 1.807) is 12.1 Å². The summed E-state index contributed by atoms with van der Waals surface area (Å²) in [5.74, 6) is 0.0955. The van der Waals surface area contributed by atoms with Crippen LogP contribution in [0.3, 0.4) is 0 Å². The fourth-order valence-corrected chi connectivity index (χ4v) is 12.9. The number of benzene rings is 6. The third-order valence-electron chi connectivity index (χ3n) is 9.57. The number of hydrogen-bond donors (Lipinski definition) is 3. The van der Waals surface area contributed by atoms with E-state index in [0.29, 0.717) is 18.6 Å². The van der Waals surface area contributed by atoms with Gasteiger partial charge in [0, 0.05) is 0 Å². The fraction of sp³-hybridized carbons (Fsp3) is 0.159. The Bertz CT molecular complexity index is 1950. The van der Waals surface area contributed by atoms with Crippen LogP contribution >= 0.6 is 6.83 Å². The molecule has 5 nitrogen and oxygen atoms in total. The molecule has 0 aliphatic carbocycles. The van der Waals surface area contributed by atoms with E-state index in [2.05, 4.69) is 48.5 Å². The molecule has 0 heterocycles. The summed E-state index contributed by atoms with van der Waals surface area (Å²) in [7, 11) is 0. The van der Waals surface area contributed by atoms with E-state index >= 15 is 0 Å². The van der Waals surface area contributed by atoms with E-state index in [9.17, 15) is 20.1 Å². The van der Waals surface area contributed by atoms with Gasteiger partial charge >= 0.3 is 295 Å². The van der Waals surface area contributed by atoms with Gasteiger partial charge in [-0.15, -0.1) is 0 Å². The predicted molar refractivity (Wildman–Crippen MR) is 205 cm³/mol. The van der Waals surface area contributed by atoms with Crippen LogP contribution in [0.5, 0.6) is 17.2 Å². The fourth-order valence-electron chi connectivity index (χ4n) is 7.21. The molecular formula is C44H43O5P. The number of aromatic hydroxyl groups is 2. The van der Waals surface area contributed by atoms with Gasteiger partial charge in [0.25, 0.3) is 0 Å². The van der Waals surface area contributed by atoms with Crippen LogP contribution in [0.15, 0.2) is 140 Å². The molecule has 0 aliphatic heterocycles. The quantitative estimate of drug-likeness (QED) is 0.113. The SMILES string of the molecule is Cc1ccc(O)c(Cc2cc(C)cc(Cc3cc(C)ccc3O)c2OP(CCC(=O)O)(c2ccccc2)(c2ccccc2)c2ccccc2)c1. The summed E-state index contributed by atoms with van der Waals surface area (Å²) >= 11 is 0. The Morgan fingerprint density at radius 3 is 1.30 bits per heavy atom. The Balaban J connectivity index is 1.74. The Hall–Kier alpha value is -5.38. The Kier molecular flexibility index (Phi) is 9.81. The van der Waals surface area contributed by atoms with Gasteiger partial charge in [-0.3, -0.25) is 0 Å². The topological polar surface area (TPSA) is 87.0 Å². The van der Waals surface area contributed by atoms with Crippen molar-refractivity contribution in [1.29, 1.82) is 0 Å².